The Morgan fingerprint density at radius 2 is 1.90 bits per heavy atom. The van der Waals surface area contributed by atoms with E-state index in [0.717, 1.165) is 18.7 Å². The quantitative estimate of drug-likeness (QED) is 0.811. The first kappa shape index (κ1) is 14.2. The summed E-state index contributed by atoms with van der Waals surface area (Å²) in [5.41, 5.74) is 0.914. The van der Waals surface area contributed by atoms with Gasteiger partial charge in [0.05, 0.1) is 0 Å². The lowest BCUT2D eigenvalue weighted by Gasteiger charge is -2.17. The van der Waals surface area contributed by atoms with Gasteiger partial charge < -0.3 is 9.42 Å². The fourth-order valence-corrected chi connectivity index (χ4v) is 2.01. The third-order valence-electron chi connectivity index (χ3n) is 3.17. The molecule has 0 saturated heterocycles. The summed E-state index contributed by atoms with van der Waals surface area (Å²) in [7, 11) is 0. The Kier molecular flexibility index (Phi) is 4.87. The zero-order chi connectivity index (χ0) is 14.4. The molecule has 0 atom stereocenters. The van der Waals surface area contributed by atoms with E-state index in [1.165, 1.54) is 0 Å². The zero-order valence-corrected chi connectivity index (χ0v) is 11.9. The number of aromatic nitrogens is 2. The first-order chi connectivity index (χ1) is 9.74. The lowest BCUT2D eigenvalue weighted by atomic mass is 10.2. The summed E-state index contributed by atoms with van der Waals surface area (Å²) < 4.78 is 5.18. The van der Waals surface area contributed by atoms with Crippen LogP contribution in [0.25, 0.3) is 11.4 Å². The van der Waals surface area contributed by atoms with Crippen LogP contribution in [0, 0.1) is 0 Å². The summed E-state index contributed by atoms with van der Waals surface area (Å²) in [4.78, 5) is 18.0. The van der Waals surface area contributed by atoms with Crippen LogP contribution in [0.3, 0.4) is 0 Å². The predicted molar refractivity (Wildman–Crippen MR) is 76.0 cm³/mol. The molecule has 0 radical (unpaired) electrons. The largest absolute Gasteiger partial charge is 0.343 e. The van der Waals surface area contributed by atoms with Crippen LogP contribution < -0.4 is 0 Å². The normalized spacial score (nSPS) is 10.5. The monoisotopic (exact) mass is 273 g/mol. The van der Waals surface area contributed by atoms with Crippen LogP contribution >= 0.6 is 0 Å². The number of carbonyl (C=O) groups excluding carboxylic acids is 1. The van der Waals surface area contributed by atoms with Gasteiger partial charge in [0.15, 0.2) is 0 Å². The standard InChI is InChI=1S/C15H19N3O2/c1-3-18(4-2)14(19)11-10-13-16-15(17-20-13)12-8-6-5-7-9-12/h5-9H,3-4,10-11H2,1-2H3. The van der Waals surface area contributed by atoms with Crippen molar-refractivity contribution in [1.29, 1.82) is 0 Å². The van der Waals surface area contributed by atoms with Crippen molar-refractivity contribution in [3.63, 3.8) is 0 Å². The minimum Gasteiger partial charge on any atom is -0.343 e. The van der Waals surface area contributed by atoms with Gasteiger partial charge in [-0.05, 0) is 13.8 Å². The van der Waals surface area contributed by atoms with Crippen LogP contribution in [-0.4, -0.2) is 34.0 Å². The van der Waals surface area contributed by atoms with Crippen molar-refractivity contribution >= 4 is 5.91 Å². The average molecular weight is 273 g/mol. The van der Waals surface area contributed by atoms with Gasteiger partial charge in [-0.2, -0.15) is 4.98 Å². The molecule has 2 aromatic rings. The molecule has 0 fully saturated rings. The van der Waals surface area contributed by atoms with E-state index in [4.69, 9.17) is 4.52 Å². The molecular weight excluding hydrogens is 254 g/mol. The number of rotatable bonds is 6. The summed E-state index contributed by atoms with van der Waals surface area (Å²) in [6.45, 7) is 5.41. The van der Waals surface area contributed by atoms with E-state index >= 15 is 0 Å². The Morgan fingerprint density at radius 3 is 2.55 bits per heavy atom. The lowest BCUT2D eigenvalue weighted by molar-refractivity contribution is -0.130. The maximum absolute atomic E-state index is 11.9. The summed E-state index contributed by atoms with van der Waals surface area (Å²) in [5, 5.41) is 3.94. The third-order valence-corrected chi connectivity index (χ3v) is 3.17. The topological polar surface area (TPSA) is 59.2 Å². The van der Waals surface area contributed by atoms with Crippen LogP contribution in [0.1, 0.15) is 26.2 Å². The molecule has 5 heteroatoms. The molecular formula is C15H19N3O2. The number of nitrogens with zero attached hydrogens (tertiary/aromatic N) is 3. The second-order valence-electron chi connectivity index (χ2n) is 4.44. The van der Waals surface area contributed by atoms with Gasteiger partial charge in [0.25, 0.3) is 0 Å². The van der Waals surface area contributed by atoms with Gasteiger partial charge in [0, 0.05) is 31.5 Å². The van der Waals surface area contributed by atoms with Gasteiger partial charge in [-0.1, -0.05) is 35.5 Å². The highest BCUT2D eigenvalue weighted by atomic mass is 16.5. The summed E-state index contributed by atoms with van der Waals surface area (Å²) >= 11 is 0. The van der Waals surface area contributed by atoms with Crippen LogP contribution in [0.5, 0.6) is 0 Å². The van der Waals surface area contributed by atoms with E-state index in [1.807, 2.05) is 44.2 Å². The van der Waals surface area contributed by atoms with Crippen LogP contribution in [0.2, 0.25) is 0 Å². The molecule has 0 N–H and O–H groups in total. The molecule has 2 rings (SSSR count). The minimum atomic E-state index is 0.120. The lowest BCUT2D eigenvalue weighted by Crippen LogP contribution is -2.30. The molecule has 0 bridgehead atoms. The van der Waals surface area contributed by atoms with E-state index < -0.39 is 0 Å². The van der Waals surface area contributed by atoms with E-state index in [-0.39, 0.29) is 5.91 Å². The Balaban J connectivity index is 1.95. The van der Waals surface area contributed by atoms with E-state index in [0.29, 0.717) is 24.6 Å². The number of amides is 1. The fourth-order valence-electron chi connectivity index (χ4n) is 2.01. The third kappa shape index (κ3) is 3.44. The maximum atomic E-state index is 11.9. The molecule has 106 valence electrons. The molecule has 1 heterocycles. The summed E-state index contributed by atoms with van der Waals surface area (Å²) in [6, 6.07) is 9.64. The van der Waals surface area contributed by atoms with Crippen LogP contribution in [0.15, 0.2) is 34.9 Å². The highest BCUT2D eigenvalue weighted by Crippen LogP contribution is 2.15. The van der Waals surface area contributed by atoms with E-state index in [1.54, 1.807) is 4.90 Å². The predicted octanol–water partition coefficient (Wildman–Crippen LogP) is 2.54. The molecule has 20 heavy (non-hydrogen) atoms. The average Bonchev–Trinajstić information content (AvgIpc) is 2.96. The molecule has 1 aromatic carbocycles. The number of aryl methyl sites for hydroxylation is 1. The second kappa shape index (κ2) is 6.84. The molecule has 0 aliphatic rings. The van der Waals surface area contributed by atoms with E-state index in [2.05, 4.69) is 10.1 Å². The minimum absolute atomic E-state index is 0.120. The second-order valence-corrected chi connectivity index (χ2v) is 4.44. The Hall–Kier alpha value is -2.17. The summed E-state index contributed by atoms with van der Waals surface area (Å²) in [6.07, 6.45) is 0.882. The van der Waals surface area contributed by atoms with Gasteiger partial charge in [0.1, 0.15) is 0 Å². The smallest absolute Gasteiger partial charge is 0.227 e. The van der Waals surface area contributed by atoms with Crippen LogP contribution in [-0.2, 0) is 11.2 Å². The molecule has 1 aromatic heterocycles. The van der Waals surface area contributed by atoms with Crippen molar-refractivity contribution in [3.8, 4) is 11.4 Å². The molecule has 0 unspecified atom stereocenters. The number of benzene rings is 1. The molecule has 0 spiro atoms. The first-order valence-electron chi connectivity index (χ1n) is 6.90. The highest BCUT2D eigenvalue weighted by molar-refractivity contribution is 5.76. The van der Waals surface area contributed by atoms with Crippen molar-refractivity contribution in [2.75, 3.05) is 13.1 Å². The Morgan fingerprint density at radius 1 is 1.20 bits per heavy atom. The SMILES string of the molecule is CCN(CC)C(=O)CCc1nc(-c2ccccc2)no1. The molecule has 0 aliphatic carbocycles. The van der Waals surface area contributed by atoms with Crippen molar-refractivity contribution < 1.29 is 9.32 Å². The molecule has 0 aliphatic heterocycles. The number of hydrogen-bond donors (Lipinski definition) is 0. The Labute approximate surface area is 118 Å². The highest BCUT2D eigenvalue weighted by Gasteiger charge is 2.13. The van der Waals surface area contributed by atoms with Gasteiger partial charge in [-0.25, -0.2) is 0 Å². The van der Waals surface area contributed by atoms with Gasteiger partial charge in [0.2, 0.25) is 17.6 Å². The van der Waals surface area contributed by atoms with Crippen molar-refractivity contribution in [1.82, 2.24) is 15.0 Å². The van der Waals surface area contributed by atoms with E-state index in [9.17, 15) is 4.79 Å². The number of hydrogen-bond acceptors (Lipinski definition) is 4. The Bertz CT molecular complexity index is 547. The van der Waals surface area contributed by atoms with Crippen molar-refractivity contribution in [2.24, 2.45) is 0 Å². The molecule has 5 nitrogen and oxygen atoms in total. The molecule has 1 amide bonds. The van der Waals surface area contributed by atoms with Gasteiger partial charge in [-0.15, -0.1) is 0 Å². The number of carbonyl (C=O) groups is 1. The first-order valence-corrected chi connectivity index (χ1v) is 6.90. The summed E-state index contributed by atoms with van der Waals surface area (Å²) in [5.74, 6) is 1.19. The van der Waals surface area contributed by atoms with Gasteiger partial charge in [-0.3, -0.25) is 4.79 Å². The van der Waals surface area contributed by atoms with Gasteiger partial charge >= 0.3 is 0 Å². The van der Waals surface area contributed by atoms with Crippen LogP contribution in [0.4, 0.5) is 0 Å². The maximum Gasteiger partial charge on any atom is 0.227 e. The van der Waals surface area contributed by atoms with Crippen molar-refractivity contribution in [3.05, 3.63) is 36.2 Å². The fraction of sp³-hybridized carbons (Fsp3) is 0.400. The van der Waals surface area contributed by atoms with Crippen molar-refractivity contribution in [2.45, 2.75) is 26.7 Å². The molecule has 0 saturated carbocycles. The zero-order valence-electron chi connectivity index (χ0n) is 11.9.